The molecule has 4 atom stereocenters. The third-order valence-corrected chi connectivity index (χ3v) is 5.08. The lowest BCUT2D eigenvalue weighted by molar-refractivity contribution is 0.0711. The van der Waals surface area contributed by atoms with Crippen LogP contribution in [0.3, 0.4) is 0 Å². The van der Waals surface area contributed by atoms with Gasteiger partial charge in [-0.25, -0.2) is 0 Å². The van der Waals surface area contributed by atoms with Crippen LogP contribution in [0.1, 0.15) is 12.0 Å². The molecule has 20 heavy (non-hydrogen) atoms. The summed E-state index contributed by atoms with van der Waals surface area (Å²) in [5.41, 5.74) is 1.42. The van der Waals surface area contributed by atoms with Crippen molar-refractivity contribution in [3.63, 3.8) is 0 Å². The molecule has 0 unspecified atom stereocenters. The van der Waals surface area contributed by atoms with Gasteiger partial charge in [0, 0.05) is 11.8 Å². The number of fused-ring (bicyclic) bond motifs is 7. The van der Waals surface area contributed by atoms with E-state index in [0.29, 0.717) is 34.7 Å². The van der Waals surface area contributed by atoms with Crippen LogP contribution in [0, 0.1) is 17.8 Å². The molecule has 0 radical (unpaired) electrons. The van der Waals surface area contributed by atoms with E-state index in [-0.39, 0.29) is 11.5 Å². The zero-order valence-corrected chi connectivity index (χ0v) is 10.9. The molecule has 2 aromatic rings. The number of hydrogen-bond acceptors (Lipinski definition) is 3. The third kappa shape index (κ3) is 1.23. The van der Waals surface area contributed by atoms with Crippen molar-refractivity contribution in [1.82, 2.24) is 0 Å². The molecule has 1 aromatic heterocycles. The summed E-state index contributed by atoms with van der Waals surface area (Å²) >= 11 is 0. The van der Waals surface area contributed by atoms with Crippen molar-refractivity contribution in [2.45, 2.75) is 18.9 Å². The maximum absolute atomic E-state index is 12.6. The van der Waals surface area contributed by atoms with E-state index in [0.717, 1.165) is 18.4 Å². The van der Waals surface area contributed by atoms with Crippen molar-refractivity contribution < 1.29 is 9.15 Å². The Morgan fingerprint density at radius 1 is 1.10 bits per heavy atom. The Balaban J connectivity index is 1.72. The lowest BCUT2D eigenvalue weighted by atomic mass is 9.84. The van der Waals surface area contributed by atoms with Crippen molar-refractivity contribution in [2.75, 3.05) is 0 Å². The molecule has 3 heteroatoms. The van der Waals surface area contributed by atoms with Gasteiger partial charge in [-0.15, -0.1) is 0 Å². The van der Waals surface area contributed by atoms with Gasteiger partial charge >= 0.3 is 0 Å². The molecule has 2 bridgehead atoms. The smallest absolute Gasteiger partial charge is 0.292 e. The molecule has 1 fully saturated rings. The molecule has 3 aliphatic rings. The van der Waals surface area contributed by atoms with Crippen molar-refractivity contribution in [1.29, 1.82) is 0 Å². The number of para-hydroxylation sites is 1. The predicted octanol–water partition coefficient (Wildman–Crippen LogP) is 2.92. The molecule has 0 N–H and O–H groups in total. The largest absolute Gasteiger partial charge is 0.461 e. The first-order chi connectivity index (χ1) is 9.81. The molecule has 0 spiro atoms. The van der Waals surface area contributed by atoms with E-state index in [1.807, 2.05) is 24.3 Å². The first-order valence-corrected chi connectivity index (χ1v) is 7.21. The second kappa shape index (κ2) is 3.54. The normalized spacial score (nSPS) is 33.0. The number of allylic oxidation sites excluding steroid dienone is 1. The van der Waals surface area contributed by atoms with Gasteiger partial charge in [0.2, 0.25) is 0 Å². The molecule has 1 aliphatic heterocycles. The minimum atomic E-state index is 0.0760. The molecule has 1 aromatic carbocycles. The van der Waals surface area contributed by atoms with Crippen molar-refractivity contribution in [3.8, 4) is 5.95 Å². The van der Waals surface area contributed by atoms with Crippen LogP contribution in [0.5, 0.6) is 5.95 Å². The summed E-state index contributed by atoms with van der Waals surface area (Å²) < 4.78 is 11.9. The summed E-state index contributed by atoms with van der Waals surface area (Å²) in [6, 6.07) is 7.41. The van der Waals surface area contributed by atoms with Crippen LogP contribution in [0.15, 0.2) is 45.6 Å². The van der Waals surface area contributed by atoms with E-state index in [2.05, 4.69) is 12.2 Å². The van der Waals surface area contributed by atoms with E-state index < -0.39 is 0 Å². The van der Waals surface area contributed by atoms with E-state index in [1.54, 1.807) is 0 Å². The van der Waals surface area contributed by atoms with E-state index in [9.17, 15) is 4.79 Å². The SMILES string of the molecule is O=c1c2c(oc3ccccc13)O[C@H]1[C@@H](C2)[C@@H]2C=C[C@H]1C2. The quantitative estimate of drug-likeness (QED) is 0.688. The lowest BCUT2D eigenvalue weighted by Crippen LogP contribution is -2.38. The minimum Gasteiger partial charge on any atom is -0.461 e. The van der Waals surface area contributed by atoms with Crippen LogP contribution < -0.4 is 10.2 Å². The minimum absolute atomic E-state index is 0.0760. The van der Waals surface area contributed by atoms with Gasteiger partial charge in [-0.1, -0.05) is 24.3 Å². The van der Waals surface area contributed by atoms with Crippen molar-refractivity contribution >= 4 is 11.0 Å². The van der Waals surface area contributed by atoms with Crippen LogP contribution in [0.25, 0.3) is 11.0 Å². The van der Waals surface area contributed by atoms with Gasteiger partial charge in [0.05, 0.1) is 10.9 Å². The molecule has 1 saturated carbocycles. The monoisotopic (exact) mass is 266 g/mol. The zero-order valence-electron chi connectivity index (χ0n) is 10.9. The number of ether oxygens (including phenoxy) is 1. The average molecular weight is 266 g/mol. The number of hydrogen-bond donors (Lipinski definition) is 0. The van der Waals surface area contributed by atoms with E-state index in [4.69, 9.17) is 9.15 Å². The van der Waals surface area contributed by atoms with Gasteiger partial charge in [-0.05, 0) is 30.9 Å². The molecule has 5 rings (SSSR count). The predicted molar refractivity (Wildman–Crippen MR) is 74.8 cm³/mol. The second-order valence-corrected chi connectivity index (χ2v) is 6.09. The van der Waals surface area contributed by atoms with Crippen LogP contribution in [0.4, 0.5) is 0 Å². The highest BCUT2D eigenvalue weighted by Crippen LogP contribution is 2.49. The molecular formula is C17H14O3. The summed E-state index contributed by atoms with van der Waals surface area (Å²) in [6.07, 6.45) is 6.70. The maximum Gasteiger partial charge on any atom is 0.292 e. The van der Waals surface area contributed by atoms with Crippen LogP contribution >= 0.6 is 0 Å². The molecule has 100 valence electrons. The summed E-state index contributed by atoms with van der Waals surface area (Å²) in [4.78, 5) is 12.6. The zero-order chi connectivity index (χ0) is 13.3. The summed E-state index contributed by atoms with van der Waals surface area (Å²) in [7, 11) is 0. The molecule has 2 aliphatic carbocycles. The molecule has 0 amide bonds. The van der Waals surface area contributed by atoms with Crippen LogP contribution in [0.2, 0.25) is 0 Å². The molecule has 3 nitrogen and oxygen atoms in total. The van der Waals surface area contributed by atoms with Crippen LogP contribution in [-0.4, -0.2) is 6.10 Å². The summed E-state index contributed by atoms with van der Waals surface area (Å²) in [5, 5.41) is 0.659. The van der Waals surface area contributed by atoms with E-state index >= 15 is 0 Å². The standard InChI is InChI=1S/C17H14O3/c18-15-11-3-1-2-4-14(11)19-17-13(15)8-12-9-5-6-10(7-9)16(12)20-17/h1-6,9-10,12,16H,7-8H2/t9-,10+,12+,16-/m1/s1. The fraction of sp³-hybridized carbons (Fsp3) is 0.353. The average Bonchev–Trinajstić information content (AvgIpc) is 3.08. The Morgan fingerprint density at radius 2 is 1.95 bits per heavy atom. The molecule has 0 saturated heterocycles. The highest BCUT2D eigenvalue weighted by atomic mass is 16.6. The third-order valence-electron chi connectivity index (χ3n) is 5.08. The first kappa shape index (κ1) is 10.7. The molecule has 2 heterocycles. The Morgan fingerprint density at radius 3 is 2.90 bits per heavy atom. The Bertz CT molecular complexity index is 801. The first-order valence-electron chi connectivity index (χ1n) is 7.21. The van der Waals surface area contributed by atoms with Gasteiger partial charge in [0.25, 0.3) is 5.95 Å². The fourth-order valence-corrected chi connectivity index (χ4v) is 4.11. The maximum atomic E-state index is 12.6. The summed E-state index contributed by atoms with van der Waals surface area (Å²) in [5.74, 6) is 1.97. The Kier molecular flexibility index (Phi) is 1.90. The fourth-order valence-electron chi connectivity index (χ4n) is 4.11. The van der Waals surface area contributed by atoms with Gasteiger partial charge in [-0.3, -0.25) is 4.79 Å². The van der Waals surface area contributed by atoms with Crippen molar-refractivity contribution in [2.24, 2.45) is 17.8 Å². The Hall–Kier alpha value is -2.03. The summed E-state index contributed by atoms with van der Waals surface area (Å²) in [6.45, 7) is 0. The Labute approximate surface area is 115 Å². The highest BCUT2D eigenvalue weighted by Gasteiger charge is 2.49. The van der Waals surface area contributed by atoms with Gasteiger partial charge < -0.3 is 9.15 Å². The number of rotatable bonds is 0. The lowest BCUT2D eigenvalue weighted by Gasteiger charge is -2.32. The van der Waals surface area contributed by atoms with Crippen molar-refractivity contribution in [3.05, 3.63) is 52.2 Å². The van der Waals surface area contributed by atoms with Gasteiger partial charge in [-0.2, -0.15) is 0 Å². The van der Waals surface area contributed by atoms with E-state index in [1.165, 1.54) is 0 Å². The number of benzene rings is 1. The van der Waals surface area contributed by atoms with Gasteiger partial charge in [0.15, 0.2) is 5.43 Å². The topological polar surface area (TPSA) is 39.4 Å². The molecular weight excluding hydrogens is 252 g/mol. The second-order valence-electron chi connectivity index (χ2n) is 6.09. The highest BCUT2D eigenvalue weighted by molar-refractivity contribution is 5.77. The van der Waals surface area contributed by atoms with Gasteiger partial charge in [0.1, 0.15) is 11.7 Å². The van der Waals surface area contributed by atoms with Crippen LogP contribution in [-0.2, 0) is 6.42 Å².